The number of amides is 1. The summed E-state index contributed by atoms with van der Waals surface area (Å²) in [5.74, 6) is -0.799. The lowest BCUT2D eigenvalue weighted by Crippen LogP contribution is -2.33. The standard InChI is InChI=1S/C13H14INO4/c14-10-2-1-3-11(6-10)19-8-12(16)15-5-4-9(7-15)13(17)18/h1-3,6,9H,4-5,7-8H2,(H,17,18). The first-order valence-electron chi connectivity index (χ1n) is 5.95. The SMILES string of the molecule is O=C(O)C1CCN(C(=O)COc2cccc(I)c2)C1. The van der Waals surface area contributed by atoms with E-state index in [9.17, 15) is 9.59 Å². The van der Waals surface area contributed by atoms with Crippen molar-refractivity contribution in [1.82, 2.24) is 4.90 Å². The summed E-state index contributed by atoms with van der Waals surface area (Å²) >= 11 is 2.17. The highest BCUT2D eigenvalue weighted by atomic mass is 127. The first-order chi connectivity index (χ1) is 9.06. The number of halogens is 1. The second kappa shape index (κ2) is 6.23. The molecule has 0 aromatic heterocycles. The number of rotatable bonds is 4. The van der Waals surface area contributed by atoms with Crippen LogP contribution in [0.3, 0.4) is 0 Å². The second-order valence-electron chi connectivity index (χ2n) is 4.41. The highest BCUT2D eigenvalue weighted by molar-refractivity contribution is 14.1. The van der Waals surface area contributed by atoms with Gasteiger partial charge in [-0.25, -0.2) is 0 Å². The van der Waals surface area contributed by atoms with E-state index in [-0.39, 0.29) is 19.1 Å². The Hall–Kier alpha value is -1.31. The molecule has 19 heavy (non-hydrogen) atoms. The molecule has 1 N–H and O–H groups in total. The predicted octanol–water partition coefficient (Wildman–Crippen LogP) is 1.60. The maximum Gasteiger partial charge on any atom is 0.308 e. The number of hydrogen-bond acceptors (Lipinski definition) is 3. The molecule has 2 rings (SSSR count). The van der Waals surface area contributed by atoms with Crippen molar-refractivity contribution < 1.29 is 19.4 Å². The lowest BCUT2D eigenvalue weighted by molar-refractivity contribution is -0.141. The molecule has 0 saturated carbocycles. The van der Waals surface area contributed by atoms with Crippen molar-refractivity contribution in [2.45, 2.75) is 6.42 Å². The topological polar surface area (TPSA) is 66.8 Å². The zero-order valence-electron chi connectivity index (χ0n) is 10.2. The molecular weight excluding hydrogens is 361 g/mol. The summed E-state index contributed by atoms with van der Waals surface area (Å²) in [7, 11) is 0. The van der Waals surface area contributed by atoms with Crippen molar-refractivity contribution in [2.75, 3.05) is 19.7 Å². The largest absolute Gasteiger partial charge is 0.484 e. The van der Waals surface area contributed by atoms with Gasteiger partial charge in [-0.1, -0.05) is 6.07 Å². The third-order valence-corrected chi connectivity index (χ3v) is 3.72. The molecule has 1 aromatic rings. The molecule has 1 saturated heterocycles. The molecule has 1 atom stereocenters. The zero-order valence-corrected chi connectivity index (χ0v) is 12.4. The van der Waals surface area contributed by atoms with Crippen molar-refractivity contribution in [3.05, 3.63) is 27.8 Å². The summed E-state index contributed by atoms with van der Waals surface area (Å²) in [6.45, 7) is 0.724. The van der Waals surface area contributed by atoms with E-state index in [4.69, 9.17) is 9.84 Å². The summed E-state index contributed by atoms with van der Waals surface area (Å²) in [5.41, 5.74) is 0. The number of benzene rings is 1. The summed E-state index contributed by atoms with van der Waals surface area (Å²) in [6, 6.07) is 7.43. The van der Waals surface area contributed by atoms with E-state index in [0.29, 0.717) is 18.7 Å². The Balaban J connectivity index is 1.84. The number of aliphatic carboxylic acids is 1. The number of nitrogens with zero attached hydrogens (tertiary/aromatic N) is 1. The number of carbonyl (C=O) groups is 2. The molecule has 1 amide bonds. The first-order valence-corrected chi connectivity index (χ1v) is 7.03. The van der Waals surface area contributed by atoms with Crippen LogP contribution in [0.4, 0.5) is 0 Å². The van der Waals surface area contributed by atoms with Crippen LogP contribution in [0.5, 0.6) is 5.75 Å². The smallest absolute Gasteiger partial charge is 0.308 e. The van der Waals surface area contributed by atoms with Gasteiger partial charge in [0, 0.05) is 16.7 Å². The monoisotopic (exact) mass is 375 g/mol. The molecule has 1 heterocycles. The Bertz CT molecular complexity index is 491. The minimum atomic E-state index is -0.839. The fourth-order valence-electron chi connectivity index (χ4n) is 1.98. The molecule has 1 aliphatic heterocycles. The van der Waals surface area contributed by atoms with Gasteiger partial charge in [-0.2, -0.15) is 0 Å². The molecule has 0 aliphatic carbocycles. The van der Waals surface area contributed by atoms with Crippen LogP contribution in [0, 0.1) is 9.49 Å². The van der Waals surface area contributed by atoms with Gasteiger partial charge in [-0.15, -0.1) is 0 Å². The molecule has 1 aromatic carbocycles. The number of carboxylic acid groups (broad SMARTS) is 1. The third-order valence-electron chi connectivity index (χ3n) is 3.05. The summed E-state index contributed by atoms with van der Waals surface area (Å²) in [5, 5.41) is 8.88. The normalized spacial score (nSPS) is 18.4. The lowest BCUT2D eigenvalue weighted by Gasteiger charge is -2.16. The third kappa shape index (κ3) is 3.82. The van der Waals surface area contributed by atoms with Crippen LogP contribution in [0.25, 0.3) is 0 Å². The Kier molecular flexibility index (Phi) is 4.62. The van der Waals surface area contributed by atoms with Crippen molar-refractivity contribution in [3.8, 4) is 5.75 Å². The fourth-order valence-corrected chi connectivity index (χ4v) is 2.50. The molecule has 6 heteroatoms. The minimum absolute atomic E-state index is 0.0492. The van der Waals surface area contributed by atoms with Gasteiger partial charge in [-0.3, -0.25) is 9.59 Å². The van der Waals surface area contributed by atoms with Crippen LogP contribution in [-0.2, 0) is 9.59 Å². The molecule has 1 aliphatic rings. The van der Waals surface area contributed by atoms with E-state index in [1.165, 1.54) is 0 Å². The molecule has 0 bridgehead atoms. The van der Waals surface area contributed by atoms with Gasteiger partial charge >= 0.3 is 5.97 Å². The highest BCUT2D eigenvalue weighted by Crippen LogP contribution is 2.18. The number of hydrogen-bond donors (Lipinski definition) is 1. The molecular formula is C13H14INO4. The average Bonchev–Trinajstić information content (AvgIpc) is 2.86. The molecule has 5 nitrogen and oxygen atoms in total. The summed E-state index contributed by atoms with van der Waals surface area (Å²) in [4.78, 5) is 24.2. The second-order valence-corrected chi connectivity index (χ2v) is 5.66. The highest BCUT2D eigenvalue weighted by Gasteiger charge is 2.30. The minimum Gasteiger partial charge on any atom is -0.484 e. The predicted molar refractivity (Wildman–Crippen MR) is 77.0 cm³/mol. The van der Waals surface area contributed by atoms with E-state index >= 15 is 0 Å². The van der Waals surface area contributed by atoms with Crippen LogP contribution >= 0.6 is 22.6 Å². The molecule has 102 valence electrons. The van der Waals surface area contributed by atoms with E-state index < -0.39 is 11.9 Å². The Morgan fingerprint density at radius 1 is 1.47 bits per heavy atom. The van der Waals surface area contributed by atoms with Crippen molar-refractivity contribution in [2.24, 2.45) is 5.92 Å². The van der Waals surface area contributed by atoms with Gasteiger partial charge < -0.3 is 14.7 Å². The molecule has 1 unspecified atom stereocenters. The van der Waals surface area contributed by atoms with Crippen molar-refractivity contribution in [3.63, 3.8) is 0 Å². The number of likely N-dealkylation sites (tertiary alicyclic amines) is 1. The van der Waals surface area contributed by atoms with E-state index in [2.05, 4.69) is 22.6 Å². The summed E-state index contributed by atoms with van der Waals surface area (Å²) in [6.07, 6.45) is 0.518. The van der Waals surface area contributed by atoms with Crippen molar-refractivity contribution >= 4 is 34.5 Å². The lowest BCUT2D eigenvalue weighted by atomic mass is 10.1. The molecule has 0 radical (unpaired) electrons. The number of ether oxygens (including phenoxy) is 1. The van der Waals surface area contributed by atoms with E-state index in [1.807, 2.05) is 18.2 Å². The van der Waals surface area contributed by atoms with Gasteiger partial charge in [0.1, 0.15) is 5.75 Å². The van der Waals surface area contributed by atoms with Gasteiger partial charge in [0.2, 0.25) is 0 Å². The van der Waals surface area contributed by atoms with Crippen LogP contribution < -0.4 is 4.74 Å². The molecule has 0 spiro atoms. The van der Waals surface area contributed by atoms with Crippen molar-refractivity contribution in [1.29, 1.82) is 0 Å². The number of carbonyl (C=O) groups excluding carboxylic acids is 1. The van der Waals surface area contributed by atoms with Gasteiger partial charge in [0.25, 0.3) is 5.91 Å². The summed E-state index contributed by atoms with van der Waals surface area (Å²) < 4.78 is 6.45. The maximum atomic E-state index is 11.9. The van der Waals surface area contributed by atoms with E-state index in [1.54, 1.807) is 11.0 Å². The quantitative estimate of drug-likeness (QED) is 0.813. The van der Waals surface area contributed by atoms with Crippen LogP contribution in [0.2, 0.25) is 0 Å². The maximum absolute atomic E-state index is 11.9. The first kappa shape index (κ1) is 14.1. The molecule has 1 fully saturated rings. The zero-order chi connectivity index (χ0) is 13.8. The fraction of sp³-hybridized carbons (Fsp3) is 0.385. The Morgan fingerprint density at radius 2 is 2.26 bits per heavy atom. The van der Waals surface area contributed by atoms with Crippen LogP contribution in [0.1, 0.15) is 6.42 Å². The van der Waals surface area contributed by atoms with Gasteiger partial charge in [0.05, 0.1) is 5.92 Å². The van der Waals surface area contributed by atoms with Gasteiger partial charge in [0.15, 0.2) is 6.61 Å². The Morgan fingerprint density at radius 3 is 2.89 bits per heavy atom. The van der Waals surface area contributed by atoms with E-state index in [0.717, 1.165) is 3.57 Å². The number of carboxylic acids is 1. The van der Waals surface area contributed by atoms with Crippen LogP contribution in [-0.4, -0.2) is 41.6 Å². The van der Waals surface area contributed by atoms with Gasteiger partial charge in [-0.05, 0) is 47.2 Å². The average molecular weight is 375 g/mol. The Labute approximate surface area is 124 Å². The van der Waals surface area contributed by atoms with Crippen LogP contribution in [0.15, 0.2) is 24.3 Å².